The van der Waals surface area contributed by atoms with Gasteiger partial charge in [0.1, 0.15) is 6.07 Å². The molecule has 0 atom stereocenters. The average Bonchev–Trinajstić information content (AvgIpc) is 2.55. The number of pyridine rings is 1. The van der Waals surface area contributed by atoms with Gasteiger partial charge in [0.15, 0.2) is 0 Å². The second-order valence-corrected chi connectivity index (χ2v) is 5.30. The fraction of sp³-hybridized carbons (Fsp3) is 0.235. The highest BCUT2D eigenvalue weighted by atomic mass is 16.1. The fourth-order valence-electron chi connectivity index (χ4n) is 1.97. The standard InChI is InChI=1S/C17H19N5O/c1-22(2)8-7-20-15-9-14(11-19-12-15)17(23)21-16-6-4-3-5-13(16)10-18/h3-6,9,11-12,20H,7-8H2,1-2H3,(H,21,23). The van der Waals surface area contributed by atoms with E-state index in [0.29, 0.717) is 16.8 Å². The number of carbonyl (C=O) groups is 1. The van der Waals surface area contributed by atoms with Crippen molar-refractivity contribution < 1.29 is 4.79 Å². The van der Waals surface area contributed by atoms with Crippen molar-refractivity contribution in [2.24, 2.45) is 0 Å². The lowest BCUT2D eigenvalue weighted by Gasteiger charge is -2.12. The first-order chi connectivity index (χ1) is 11.1. The molecule has 0 aliphatic heterocycles. The molecule has 0 unspecified atom stereocenters. The van der Waals surface area contributed by atoms with Gasteiger partial charge < -0.3 is 15.5 Å². The molecule has 0 saturated carbocycles. The van der Waals surface area contributed by atoms with E-state index < -0.39 is 0 Å². The molecule has 118 valence electrons. The molecular weight excluding hydrogens is 290 g/mol. The van der Waals surface area contributed by atoms with Gasteiger partial charge in [0.25, 0.3) is 5.91 Å². The molecule has 0 spiro atoms. The molecule has 0 aliphatic rings. The Morgan fingerprint density at radius 3 is 2.83 bits per heavy atom. The van der Waals surface area contributed by atoms with E-state index in [1.807, 2.05) is 14.1 Å². The van der Waals surface area contributed by atoms with E-state index in [0.717, 1.165) is 18.8 Å². The number of nitriles is 1. The Kier molecular flexibility index (Phi) is 5.67. The van der Waals surface area contributed by atoms with Crippen molar-refractivity contribution in [3.8, 4) is 6.07 Å². The lowest BCUT2D eigenvalue weighted by Crippen LogP contribution is -2.21. The zero-order valence-corrected chi connectivity index (χ0v) is 13.2. The van der Waals surface area contributed by atoms with Crippen LogP contribution in [0.4, 0.5) is 11.4 Å². The van der Waals surface area contributed by atoms with Gasteiger partial charge >= 0.3 is 0 Å². The van der Waals surface area contributed by atoms with Gasteiger partial charge in [-0.15, -0.1) is 0 Å². The lowest BCUT2D eigenvalue weighted by atomic mass is 10.2. The van der Waals surface area contributed by atoms with Crippen LogP contribution in [0.5, 0.6) is 0 Å². The van der Waals surface area contributed by atoms with Crippen LogP contribution in [-0.4, -0.2) is 43.0 Å². The molecule has 0 saturated heterocycles. The van der Waals surface area contributed by atoms with Crippen molar-refractivity contribution in [3.63, 3.8) is 0 Å². The largest absolute Gasteiger partial charge is 0.382 e. The zero-order chi connectivity index (χ0) is 16.7. The number of benzene rings is 1. The first kappa shape index (κ1) is 16.5. The first-order valence-electron chi connectivity index (χ1n) is 7.24. The van der Waals surface area contributed by atoms with Crippen LogP contribution in [0.1, 0.15) is 15.9 Å². The van der Waals surface area contributed by atoms with Crippen LogP contribution < -0.4 is 10.6 Å². The minimum Gasteiger partial charge on any atom is -0.382 e. The summed E-state index contributed by atoms with van der Waals surface area (Å²) in [6, 6.07) is 10.7. The number of anilines is 2. The number of rotatable bonds is 6. The molecule has 1 aromatic carbocycles. The number of aromatic nitrogens is 1. The molecule has 1 heterocycles. The van der Waals surface area contributed by atoms with Gasteiger partial charge in [-0.3, -0.25) is 9.78 Å². The van der Waals surface area contributed by atoms with Crippen molar-refractivity contribution in [2.45, 2.75) is 0 Å². The van der Waals surface area contributed by atoms with Crippen LogP contribution >= 0.6 is 0 Å². The number of nitrogens with one attached hydrogen (secondary N) is 2. The Hall–Kier alpha value is -2.91. The highest BCUT2D eigenvalue weighted by Crippen LogP contribution is 2.16. The quantitative estimate of drug-likeness (QED) is 0.855. The summed E-state index contributed by atoms with van der Waals surface area (Å²) in [7, 11) is 3.99. The Morgan fingerprint density at radius 2 is 2.09 bits per heavy atom. The van der Waals surface area contributed by atoms with Crippen LogP contribution in [-0.2, 0) is 0 Å². The first-order valence-corrected chi connectivity index (χ1v) is 7.24. The molecule has 0 aliphatic carbocycles. The van der Waals surface area contributed by atoms with Crippen LogP contribution in [0.25, 0.3) is 0 Å². The van der Waals surface area contributed by atoms with Gasteiger partial charge in [0, 0.05) is 25.5 Å². The molecule has 0 fully saturated rings. The molecule has 1 amide bonds. The molecule has 6 heteroatoms. The topological polar surface area (TPSA) is 81.1 Å². The van der Waals surface area contributed by atoms with Crippen molar-refractivity contribution in [2.75, 3.05) is 37.8 Å². The third-order valence-corrected chi connectivity index (χ3v) is 3.18. The summed E-state index contributed by atoms with van der Waals surface area (Å²) in [5.41, 5.74) is 2.14. The number of hydrogen-bond acceptors (Lipinski definition) is 5. The van der Waals surface area contributed by atoms with Crippen molar-refractivity contribution in [3.05, 3.63) is 53.9 Å². The summed E-state index contributed by atoms with van der Waals surface area (Å²) in [5.74, 6) is -0.295. The van der Waals surface area contributed by atoms with Gasteiger partial charge in [-0.05, 0) is 32.3 Å². The third-order valence-electron chi connectivity index (χ3n) is 3.18. The van der Waals surface area contributed by atoms with E-state index in [9.17, 15) is 4.79 Å². The van der Waals surface area contributed by atoms with Crippen molar-refractivity contribution in [1.29, 1.82) is 5.26 Å². The molecule has 0 bridgehead atoms. The Bertz CT molecular complexity index is 721. The normalized spacial score (nSPS) is 10.2. The maximum absolute atomic E-state index is 12.3. The van der Waals surface area contributed by atoms with E-state index >= 15 is 0 Å². The summed E-state index contributed by atoms with van der Waals surface area (Å²) in [6.07, 6.45) is 3.18. The van der Waals surface area contributed by atoms with Gasteiger partial charge in [0.2, 0.25) is 0 Å². The number of carbonyl (C=O) groups excluding carboxylic acids is 1. The van der Waals surface area contributed by atoms with Crippen LogP contribution in [0.3, 0.4) is 0 Å². The Morgan fingerprint density at radius 1 is 1.30 bits per heavy atom. The number of nitrogens with zero attached hydrogens (tertiary/aromatic N) is 3. The molecule has 2 aromatic rings. The summed E-state index contributed by atoms with van der Waals surface area (Å²) >= 11 is 0. The molecule has 23 heavy (non-hydrogen) atoms. The molecule has 2 rings (SSSR count). The maximum atomic E-state index is 12.3. The highest BCUT2D eigenvalue weighted by molar-refractivity contribution is 6.05. The molecule has 6 nitrogen and oxygen atoms in total. The number of likely N-dealkylation sites (N-methyl/N-ethyl adjacent to an activating group) is 1. The molecule has 1 aromatic heterocycles. The van der Waals surface area contributed by atoms with E-state index in [4.69, 9.17) is 5.26 Å². The summed E-state index contributed by atoms with van der Waals surface area (Å²) in [5, 5.41) is 15.0. The Balaban J connectivity index is 2.06. The van der Waals surface area contributed by atoms with E-state index in [2.05, 4.69) is 26.6 Å². The van der Waals surface area contributed by atoms with E-state index in [-0.39, 0.29) is 5.91 Å². The van der Waals surface area contributed by atoms with Crippen LogP contribution in [0.2, 0.25) is 0 Å². The number of hydrogen-bond donors (Lipinski definition) is 2. The van der Waals surface area contributed by atoms with Gasteiger partial charge in [0.05, 0.1) is 22.5 Å². The highest BCUT2D eigenvalue weighted by Gasteiger charge is 2.10. The second kappa shape index (κ2) is 7.92. The third kappa shape index (κ3) is 4.80. The number of amides is 1. The minimum atomic E-state index is -0.295. The maximum Gasteiger partial charge on any atom is 0.257 e. The molecule has 2 N–H and O–H groups in total. The fourth-order valence-corrected chi connectivity index (χ4v) is 1.97. The average molecular weight is 309 g/mol. The zero-order valence-electron chi connectivity index (χ0n) is 13.2. The van der Waals surface area contributed by atoms with Crippen molar-refractivity contribution in [1.82, 2.24) is 9.88 Å². The van der Waals surface area contributed by atoms with Crippen molar-refractivity contribution >= 4 is 17.3 Å². The van der Waals surface area contributed by atoms with Crippen LogP contribution in [0, 0.1) is 11.3 Å². The summed E-state index contributed by atoms with van der Waals surface area (Å²) < 4.78 is 0. The number of para-hydroxylation sites is 1. The lowest BCUT2D eigenvalue weighted by molar-refractivity contribution is 0.102. The minimum absolute atomic E-state index is 0.295. The SMILES string of the molecule is CN(C)CCNc1cncc(C(=O)Nc2ccccc2C#N)c1. The predicted molar refractivity (Wildman–Crippen MR) is 90.4 cm³/mol. The second-order valence-electron chi connectivity index (χ2n) is 5.30. The van der Waals surface area contributed by atoms with Gasteiger partial charge in [-0.25, -0.2) is 0 Å². The van der Waals surface area contributed by atoms with Gasteiger partial charge in [-0.2, -0.15) is 5.26 Å². The molecule has 0 radical (unpaired) electrons. The van der Waals surface area contributed by atoms with Gasteiger partial charge in [-0.1, -0.05) is 12.1 Å². The van der Waals surface area contributed by atoms with E-state index in [1.165, 1.54) is 6.20 Å². The predicted octanol–water partition coefficient (Wildman–Crippen LogP) is 2.18. The summed E-state index contributed by atoms with van der Waals surface area (Å²) in [6.45, 7) is 1.64. The monoisotopic (exact) mass is 309 g/mol. The van der Waals surface area contributed by atoms with E-state index in [1.54, 1.807) is 36.5 Å². The molecular formula is C17H19N5O. The Labute approximate surface area is 135 Å². The van der Waals surface area contributed by atoms with Crippen LogP contribution in [0.15, 0.2) is 42.7 Å². The smallest absolute Gasteiger partial charge is 0.257 e. The summed E-state index contributed by atoms with van der Waals surface area (Å²) in [4.78, 5) is 18.5.